The van der Waals surface area contributed by atoms with E-state index in [4.69, 9.17) is 0 Å². The van der Waals surface area contributed by atoms with Gasteiger partial charge in [-0.3, -0.25) is 4.72 Å². The smallest absolute Gasteiger partial charge is 0.337 e. The quantitative estimate of drug-likeness (QED) is 0.671. The average Bonchev–Trinajstić information content (AvgIpc) is 2.54. The second kappa shape index (κ2) is 6.85. The summed E-state index contributed by atoms with van der Waals surface area (Å²) in [6.45, 7) is 0. The molecule has 7 heteroatoms. The summed E-state index contributed by atoms with van der Waals surface area (Å²) in [5, 5.41) is 0. The van der Waals surface area contributed by atoms with Crippen LogP contribution in [0.3, 0.4) is 0 Å². The lowest BCUT2D eigenvalue weighted by Gasteiger charge is -2.11. The van der Waals surface area contributed by atoms with E-state index < -0.39 is 16.0 Å². The second-order valence-electron chi connectivity index (χ2n) is 4.32. The molecule has 22 heavy (non-hydrogen) atoms. The third kappa shape index (κ3) is 3.61. The highest BCUT2D eigenvalue weighted by atomic mass is 32.2. The summed E-state index contributed by atoms with van der Waals surface area (Å²) >= 11 is 1.45. The summed E-state index contributed by atoms with van der Waals surface area (Å²) in [6.07, 6.45) is 1.87. The van der Waals surface area contributed by atoms with Crippen LogP contribution in [0.5, 0.6) is 0 Å². The van der Waals surface area contributed by atoms with Gasteiger partial charge in [-0.05, 0) is 42.7 Å². The van der Waals surface area contributed by atoms with Gasteiger partial charge < -0.3 is 4.74 Å². The van der Waals surface area contributed by atoms with Crippen LogP contribution in [0, 0.1) is 0 Å². The predicted molar refractivity (Wildman–Crippen MR) is 86.8 cm³/mol. The molecule has 0 amide bonds. The van der Waals surface area contributed by atoms with E-state index in [0.29, 0.717) is 11.3 Å². The van der Waals surface area contributed by atoms with Crippen molar-refractivity contribution >= 4 is 33.4 Å². The van der Waals surface area contributed by atoms with Crippen molar-refractivity contribution < 1.29 is 17.9 Å². The van der Waals surface area contributed by atoms with Gasteiger partial charge in [0.1, 0.15) is 0 Å². The van der Waals surface area contributed by atoms with Gasteiger partial charge in [-0.1, -0.05) is 12.1 Å². The predicted octanol–water partition coefficient (Wildman–Crippen LogP) is 3.00. The fourth-order valence-electron chi connectivity index (χ4n) is 1.82. The highest BCUT2D eigenvalue weighted by Crippen LogP contribution is 2.27. The zero-order chi connectivity index (χ0) is 16.2. The molecule has 2 aromatic carbocycles. The first-order valence-electron chi connectivity index (χ1n) is 6.32. The summed E-state index contributed by atoms with van der Waals surface area (Å²) in [7, 11) is -2.44. The number of methoxy groups -OCH3 is 1. The Balaban J connectivity index is 2.29. The number of anilines is 1. The van der Waals surface area contributed by atoms with E-state index in [9.17, 15) is 13.2 Å². The molecule has 2 aromatic rings. The second-order valence-corrected chi connectivity index (χ2v) is 6.85. The summed E-state index contributed by atoms with van der Waals surface area (Å²) in [6, 6.07) is 12.7. The molecule has 0 heterocycles. The molecule has 0 saturated carbocycles. The van der Waals surface area contributed by atoms with Crippen LogP contribution >= 0.6 is 11.8 Å². The molecule has 0 saturated heterocycles. The van der Waals surface area contributed by atoms with E-state index in [1.165, 1.54) is 43.1 Å². The van der Waals surface area contributed by atoms with Crippen LogP contribution < -0.4 is 4.72 Å². The monoisotopic (exact) mass is 337 g/mol. The van der Waals surface area contributed by atoms with Gasteiger partial charge in [-0.25, -0.2) is 13.2 Å². The van der Waals surface area contributed by atoms with Gasteiger partial charge in [0, 0.05) is 4.90 Å². The molecule has 0 radical (unpaired) electrons. The van der Waals surface area contributed by atoms with Gasteiger partial charge in [0.05, 0.1) is 23.3 Å². The number of hydrogen-bond acceptors (Lipinski definition) is 5. The minimum atomic E-state index is -3.71. The highest BCUT2D eigenvalue weighted by Gasteiger charge is 2.16. The van der Waals surface area contributed by atoms with Crippen molar-refractivity contribution in [1.29, 1.82) is 0 Å². The van der Waals surface area contributed by atoms with Crippen LogP contribution in [0.25, 0.3) is 0 Å². The van der Waals surface area contributed by atoms with Crippen molar-refractivity contribution in [3.8, 4) is 0 Å². The largest absolute Gasteiger partial charge is 0.465 e. The van der Waals surface area contributed by atoms with Crippen molar-refractivity contribution in [1.82, 2.24) is 0 Å². The van der Waals surface area contributed by atoms with Crippen LogP contribution in [-0.2, 0) is 14.8 Å². The van der Waals surface area contributed by atoms with Gasteiger partial charge in [0.2, 0.25) is 0 Å². The van der Waals surface area contributed by atoms with Gasteiger partial charge >= 0.3 is 5.97 Å². The van der Waals surface area contributed by atoms with Gasteiger partial charge in [0.15, 0.2) is 0 Å². The number of carbonyl (C=O) groups is 1. The minimum Gasteiger partial charge on any atom is -0.465 e. The Morgan fingerprint density at radius 1 is 1.09 bits per heavy atom. The Bertz CT molecular complexity index is 770. The number of esters is 1. The van der Waals surface area contributed by atoms with Gasteiger partial charge in [0.25, 0.3) is 10.0 Å². The summed E-state index contributed by atoms with van der Waals surface area (Å²) in [5.41, 5.74) is 0.818. The van der Waals surface area contributed by atoms with E-state index in [2.05, 4.69) is 9.46 Å². The molecular formula is C15H15NO4S2. The summed E-state index contributed by atoms with van der Waals surface area (Å²) in [4.78, 5) is 12.3. The summed E-state index contributed by atoms with van der Waals surface area (Å²) in [5.74, 6) is -0.510. The fourth-order valence-corrected chi connectivity index (χ4v) is 3.52. The average molecular weight is 337 g/mol. The van der Waals surface area contributed by atoms with Crippen LogP contribution in [0.2, 0.25) is 0 Å². The van der Waals surface area contributed by atoms with Crippen molar-refractivity contribution in [3.63, 3.8) is 0 Å². The standard InChI is InChI=1S/C15H15NO4S2/c1-20-15(17)11-7-9-12(10-8-11)22(18,19)16-13-5-3-4-6-14(13)21-2/h3-10,16H,1-2H3. The van der Waals surface area contributed by atoms with Crippen LogP contribution in [0.15, 0.2) is 58.3 Å². The molecule has 116 valence electrons. The molecule has 1 N–H and O–H groups in total. The lowest BCUT2D eigenvalue weighted by molar-refractivity contribution is 0.0600. The maximum Gasteiger partial charge on any atom is 0.337 e. The molecule has 0 fully saturated rings. The Morgan fingerprint density at radius 3 is 2.32 bits per heavy atom. The molecule has 0 bridgehead atoms. The van der Waals surface area contributed by atoms with Crippen LogP contribution in [-0.4, -0.2) is 27.8 Å². The molecule has 2 rings (SSSR count). The molecule has 0 atom stereocenters. The van der Waals surface area contributed by atoms with Crippen molar-refractivity contribution in [2.75, 3.05) is 18.1 Å². The molecule has 0 aliphatic heterocycles. The topological polar surface area (TPSA) is 72.5 Å². The first-order valence-corrected chi connectivity index (χ1v) is 9.03. The number of rotatable bonds is 5. The number of thioether (sulfide) groups is 1. The fraction of sp³-hybridized carbons (Fsp3) is 0.133. The van der Waals surface area contributed by atoms with E-state index in [-0.39, 0.29) is 4.90 Å². The van der Waals surface area contributed by atoms with E-state index >= 15 is 0 Å². The Labute approximate surface area is 133 Å². The summed E-state index contributed by atoms with van der Waals surface area (Å²) < 4.78 is 31.9. The number of para-hydroxylation sites is 1. The van der Waals surface area contributed by atoms with Crippen LogP contribution in [0.1, 0.15) is 10.4 Å². The maximum atomic E-state index is 12.4. The Morgan fingerprint density at radius 2 is 1.73 bits per heavy atom. The van der Waals surface area contributed by atoms with E-state index in [1.807, 2.05) is 18.4 Å². The molecule has 5 nitrogen and oxygen atoms in total. The molecule has 0 unspecified atom stereocenters. The number of carbonyl (C=O) groups excluding carboxylic acids is 1. The lowest BCUT2D eigenvalue weighted by atomic mass is 10.2. The first kappa shape index (κ1) is 16.4. The lowest BCUT2D eigenvalue weighted by Crippen LogP contribution is -2.13. The zero-order valence-corrected chi connectivity index (χ0v) is 13.7. The first-order chi connectivity index (χ1) is 10.5. The minimum absolute atomic E-state index is 0.0797. The molecule has 0 spiro atoms. The number of ether oxygens (including phenoxy) is 1. The molecular weight excluding hydrogens is 322 g/mol. The number of sulfonamides is 1. The number of hydrogen-bond donors (Lipinski definition) is 1. The van der Waals surface area contributed by atoms with E-state index in [1.54, 1.807) is 12.1 Å². The SMILES string of the molecule is COC(=O)c1ccc(S(=O)(=O)Nc2ccccc2SC)cc1. The maximum absolute atomic E-state index is 12.4. The van der Waals surface area contributed by atoms with E-state index in [0.717, 1.165) is 4.90 Å². The van der Waals surface area contributed by atoms with Gasteiger partial charge in [-0.2, -0.15) is 0 Å². The number of benzene rings is 2. The Hall–Kier alpha value is -1.99. The van der Waals surface area contributed by atoms with Gasteiger partial charge in [-0.15, -0.1) is 11.8 Å². The Kier molecular flexibility index (Phi) is 5.10. The van der Waals surface area contributed by atoms with Crippen LogP contribution in [0.4, 0.5) is 5.69 Å². The molecule has 0 aliphatic carbocycles. The number of nitrogens with one attached hydrogen (secondary N) is 1. The third-order valence-electron chi connectivity index (χ3n) is 2.94. The van der Waals surface area contributed by atoms with Crippen molar-refractivity contribution in [2.45, 2.75) is 9.79 Å². The van der Waals surface area contributed by atoms with Crippen molar-refractivity contribution in [3.05, 3.63) is 54.1 Å². The highest BCUT2D eigenvalue weighted by molar-refractivity contribution is 7.99. The zero-order valence-electron chi connectivity index (χ0n) is 12.1. The third-order valence-corrected chi connectivity index (χ3v) is 5.11. The van der Waals surface area contributed by atoms with Crippen molar-refractivity contribution in [2.24, 2.45) is 0 Å². The molecule has 0 aromatic heterocycles. The molecule has 0 aliphatic rings. The normalized spacial score (nSPS) is 11.0.